The monoisotopic (exact) mass is 343 g/mol. The second-order valence-corrected chi connectivity index (χ2v) is 5.39. The fraction of sp³-hybridized carbons (Fsp3) is 0.133. The molecule has 3 rings (SSSR count). The third-order valence-electron chi connectivity index (χ3n) is 3.09. The average molecular weight is 344 g/mol. The molecule has 0 saturated carbocycles. The maximum Gasteiger partial charge on any atom is 0.170 e. The number of nitrogens with zero attached hydrogens (tertiary/aromatic N) is 4. The number of nitrogens with one attached hydrogen (secondary N) is 1. The van der Waals surface area contributed by atoms with E-state index in [1.807, 2.05) is 48.5 Å². The molecule has 3 aromatic rings. The Morgan fingerprint density at radius 2 is 1.71 bits per heavy atom. The van der Waals surface area contributed by atoms with Crippen LogP contribution in [-0.2, 0) is 13.1 Å². The molecule has 0 aliphatic rings. The number of tetrazole rings is 1. The molecular weight excluding hydrogens is 330 g/mol. The maximum atomic E-state index is 4.07. The molecular formula is C15H14BrN5. The summed E-state index contributed by atoms with van der Waals surface area (Å²) in [6.45, 7) is 1.35. The number of benzene rings is 2. The summed E-state index contributed by atoms with van der Waals surface area (Å²) in [5.41, 5.74) is 2.16. The lowest BCUT2D eigenvalue weighted by molar-refractivity contribution is 0.640. The van der Waals surface area contributed by atoms with Crippen LogP contribution in [0.4, 0.5) is 0 Å². The Labute approximate surface area is 131 Å². The van der Waals surface area contributed by atoms with Crippen LogP contribution in [0, 0.1) is 0 Å². The van der Waals surface area contributed by atoms with Crippen molar-refractivity contribution < 1.29 is 0 Å². The molecule has 106 valence electrons. The van der Waals surface area contributed by atoms with Crippen molar-refractivity contribution in [1.29, 1.82) is 0 Å². The van der Waals surface area contributed by atoms with Crippen molar-refractivity contribution >= 4 is 15.9 Å². The average Bonchev–Trinajstić information content (AvgIpc) is 2.99. The van der Waals surface area contributed by atoms with E-state index in [0.29, 0.717) is 6.54 Å². The Balaban J connectivity index is 1.67. The van der Waals surface area contributed by atoms with Crippen LogP contribution in [0.3, 0.4) is 0 Å². The first-order chi connectivity index (χ1) is 10.3. The van der Waals surface area contributed by atoms with Crippen molar-refractivity contribution in [2.24, 2.45) is 0 Å². The van der Waals surface area contributed by atoms with Crippen LogP contribution in [0.2, 0.25) is 0 Å². The first kappa shape index (κ1) is 13.9. The minimum Gasteiger partial charge on any atom is -0.306 e. The molecule has 0 aliphatic carbocycles. The predicted octanol–water partition coefficient (Wildman–Crippen LogP) is 2.71. The standard InChI is InChI=1S/C15H14BrN5/c16-14-9-5-4-6-12(14)10-17-11-15-18-19-20-21(15)13-7-2-1-3-8-13/h1-9,17H,10-11H2. The summed E-state index contributed by atoms with van der Waals surface area (Å²) >= 11 is 3.54. The highest BCUT2D eigenvalue weighted by atomic mass is 79.9. The quantitative estimate of drug-likeness (QED) is 0.773. The molecule has 0 spiro atoms. The van der Waals surface area contributed by atoms with Crippen LogP contribution >= 0.6 is 15.9 Å². The van der Waals surface area contributed by atoms with E-state index in [2.05, 4.69) is 42.8 Å². The number of para-hydroxylation sites is 1. The van der Waals surface area contributed by atoms with Gasteiger partial charge in [0.15, 0.2) is 5.82 Å². The van der Waals surface area contributed by atoms with Gasteiger partial charge in [-0.3, -0.25) is 0 Å². The predicted molar refractivity (Wildman–Crippen MR) is 83.8 cm³/mol. The Morgan fingerprint density at radius 3 is 2.52 bits per heavy atom. The van der Waals surface area contributed by atoms with Crippen molar-refractivity contribution in [3.05, 3.63) is 70.5 Å². The second-order valence-electron chi connectivity index (χ2n) is 4.54. The van der Waals surface area contributed by atoms with E-state index in [4.69, 9.17) is 0 Å². The highest BCUT2D eigenvalue weighted by molar-refractivity contribution is 9.10. The fourth-order valence-corrected chi connectivity index (χ4v) is 2.46. The van der Waals surface area contributed by atoms with Crippen molar-refractivity contribution in [2.45, 2.75) is 13.1 Å². The number of rotatable bonds is 5. The third-order valence-corrected chi connectivity index (χ3v) is 3.86. The lowest BCUT2D eigenvalue weighted by atomic mass is 10.2. The van der Waals surface area contributed by atoms with Crippen LogP contribution in [0.1, 0.15) is 11.4 Å². The van der Waals surface area contributed by atoms with Crippen molar-refractivity contribution in [3.63, 3.8) is 0 Å². The van der Waals surface area contributed by atoms with Crippen LogP contribution in [0.25, 0.3) is 5.69 Å². The molecule has 6 heteroatoms. The molecule has 0 amide bonds. The van der Waals surface area contributed by atoms with Gasteiger partial charge in [0, 0.05) is 11.0 Å². The Bertz CT molecular complexity index is 711. The zero-order chi connectivity index (χ0) is 14.5. The zero-order valence-electron chi connectivity index (χ0n) is 11.3. The van der Waals surface area contributed by atoms with Crippen molar-refractivity contribution in [2.75, 3.05) is 0 Å². The van der Waals surface area contributed by atoms with E-state index in [-0.39, 0.29) is 0 Å². The van der Waals surface area contributed by atoms with E-state index < -0.39 is 0 Å². The summed E-state index contributed by atoms with van der Waals surface area (Å²) in [6, 6.07) is 18.0. The number of halogens is 1. The highest BCUT2D eigenvalue weighted by Crippen LogP contribution is 2.15. The van der Waals surface area contributed by atoms with Gasteiger partial charge in [0.05, 0.1) is 12.2 Å². The summed E-state index contributed by atoms with van der Waals surface area (Å²) in [7, 11) is 0. The number of hydrogen-bond acceptors (Lipinski definition) is 4. The van der Waals surface area contributed by atoms with Gasteiger partial charge in [0.25, 0.3) is 0 Å². The van der Waals surface area contributed by atoms with Gasteiger partial charge in [-0.25, -0.2) is 0 Å². The van der Waals surface area contributed by atoms with E-state index in [1.54, 1.807) is 4.68 Å². The van der Waals surface area contributed by atoms with E-state index in [0.717, 1.165) is 22.5 Å². The highest BCUT2D eigenvalue weighted by Gasteiger charge is 2.07. The first-order valence-electron chi connectivity index (χ1n) is 6.61. The van der Waals surface area contributed by atoms with Crippen molar-refractivity contribution in [3.8, 4) is 5.69 Å². The topological polar surface area (TPSA) is 55.6 Å². The number of aromatic nitrogens is 4. The molecule has 1 aromatic heterocycles. The maximum absolute atomic E-state index is 4.07. The zero-order valence-corrected chi connectivity index (χ0v) is 12.9. The first-order valence-corrected chi connectivity index (χ1v) is 7.41. The summed E-state index contributed by atoms with van der Waals surface area (Å²) in [6.07, 6.45) is 0. The molecule has 5 nitrogen and oxygen atoms in total. The summed E-state index contributed by atoms with van der Waals surface area (Å²) in [4.78, 5) is 0. The minimum atomic E-state index is 0.600. The van der Waals surface area contributed by atoms with Crippen molar-refractivity contribution in [1.82, 2.24) is 25.5 Å². The normalized spacial score (nSPS) is 10.7. The summed E-state index contributed by atoms with van der Waals surface area (Å²) < 4.78 is 2.84. The summed E-state index contributed by atoms with van der Waals surface area (Å²) in [5, 5.41) is 15.2. The molecule has 1 heterocycles. The van der Waals surface area contributed by atoms with Gasteiger partial charge in [-0.2, -0.15) is 4.68 Å². The number of hydrogen-bond donors (Lipinski definition) is 1. The van der Waals surface area contributed by atoms with Gasteiger partial charge in [0.2, 0.25) is 0 Å². The smallest absolute Gasteiger partial charge is 0.170 e. The van der Waals surface area contributed by atoms with E-state index in [9.17, 15) is 0 Å². The van der Waals surface area contributed by atoms with Crippen LogP contribution in [0.15, 0.2) is 59.1 Å². The molecule has 0 atom stereocenters. The Morgan fingerprint density at radius 1 is 0.952 bits per heavy atom. The molecule has 0 saturated heterocycles. The lowest BCUT2D eigenvalue weighted by Crippen LogP contribution is -2.17. The van der Waals surface area contributed by atoms with Gasteiger partial charge in [-0.05, 0) is 34.2 Å². The van der Waals surface area contributed by atoms with E-state index in [1.165, 1.54) is 5.56 Å². The SMILES string of the molecule is Brc1ccccc1CNCc1nnnn1-c1ccccc1. The van der Waals surface area contributed by atoms with Crippen LogP contribution in [0.5, 0.6) is 0 Å². The van der Waals surface area contributed by atoms with Gasteiger partial charge in [0.1, 0.15) is 0 Å². The molecule has 1 N–H and O–H groups in total. The Hall–Kier alpha value is -2.05. The molecule has 2 aromatic carbocycles. The third kappa shape index (κ3) is 3.34. The minimum absolute atomic E-state index is 0.600. The molecule has 0 radical (unpaired) electrons. The lowest BCUT2D eigenvalue weighted by Gasteiger charge is -2.07. The molecule has 0 fully saturated rings. The van der Waals surface area contributed by atoms with Crippen LogP contribution in [-0.4, -0.2) is 20.2 Å². The molecule has 0 bridgehead atoms. The Kier molecular flexibility index (Phi) is 4.37. The van der Waals surface area contributed by atoms with Gasteiger partial charge in [-0.1, -0.05) is 52.3 Å². The fourth-order valence-electron chi connectivity index (χ4n) is 2.04. The van der Waals surface area contributed by atoms with Gasteiger partial charge >= 0.3 is 0 Å². The molecule has 0 aliphatic heterocycles. The molecule has 0 unspecified atom stereocenters. The summed E-state index contributed by atoms with van der Waals surface area (Å²) in [5.74, 6) is 0.785. The van der Waals surface area contributed by atoms with Gasteiger partial charge in [-0.15, -0.1) is 5.10 Å². The van der Waals surface area contributed by atoms with E-state index >= 15 is 0 Å². The largest absolute Gasteiger partial charge is 0.306 e. The van der Waals surface area contributed by atoms with Gasteiger partial charge < -0.3 is 5.32 Å². The van der Waals surface area contributed by atoms with Crippen LogP contribution < -0.4 is 5.32 Å². The second kappa shape index (κ2) is 6.60. The molecule has 21 heavy (non-hydrogen) atoms.